The minimum Gasteiger partial charge on any atom is -0.462 e. The Labute approximate surface area is 171 Å². The summed E-state index contributed by atoms with van der Waals surface area (Å²) in [5.41, 5.74) is 1.74. The molecule has 9 heteroatoms. The van der Waals surface area contributed by atoms with Gasteiger partial charge in [-0.2, -0.15) is 4.98 Å². The van der Waals surface area contributed by atoms with Crippen LogP contribution in [0.15, 0.2) is 44.3 Å². The molecule has 0 aliphatic carbocycles. The highest BCUT2D eigenvalue weighted by atomic mass is 16.5. The maximum Gasteiger partial charge on any atom is 0.342 e. The largest absolute Gasteiger partial charge is 0.462 e. The Morgan fingerprint density at radius 2 is 1.97 bits per heavy atom. The summed E-state index contributed by atoms with van der Waals surface area (Å²) in [6.07, 6.45) is 2.26. The monoisotopic (exact) mass is 408 g/mol. The van der Waals surface area contributed by atoms with Gasteiger partial charge >= 0.3 is 5.97 Å². The highest BCUT2D eigenvalue weighted by molar-refractivity contribution is 6.03. The predicted octanol–water partition coefficient (Wildman–Crippen LogP) is 3.14. The van der Waals surface area contributed by atoms with Crippen molar-refractivity contribution in [2.24, 2.45) is 0 Å². The lowest BCUT2D eigenvalue weighted by atomic mass is 10.1. The first kappa shape index (κ1) is 19.6. The molecule has 0 unspecified atom stereocenters. The molecule has 0 saturated carbocycles. The van der Waals surface area contributed by atoms with E-state index in [1.54, 1.807) is 13.8 Å². The predicted molar refractivity (Wildman–Crippen MR) is 107 cm³/mol. The average Bonchev–Trinajstić information content (AvgIpc) is 3.34. The fourth-order valence-corrected chi connectivity index (χ4v) is 3.17. The summed E-state index contributed by atoms with van der Waals surface area (Å²) in [5, 5.41) is 4.06. The van der Waals surface area contributed by atoms with Gasteiger partial charge in [0.05, 0.1) is 6.61 Å². The van der Waals surface area contributed by atoms with Gasteiger partial charge in [-0.3, -0.25) is 9.36 Å². The van der Waals surface area contributed by atoms with Crippen LogP contribution >= 0.6 is 0 Å². The van der Waals surface area contributed by atoms with Crippen LogP contribution < -0.4 is 5.56 Å². The highest BCUT2D eigenvalue weighted by Crippen LogP contribution is 2.22. The lowest BCUT2D eigenvalue weighted by Gasteiger charge is -2.02. The summed E-state index contributed by atoms with van der Waals surface area (Å²) in [4.78, 5) is 33.8. The molecule has 0 fully saturated rings. The SMILES string of the molecule is CCOC(=O)c1c(C)oc2ncn(Cc3nc(-c4ccc(CC)cc4)no3)c(=O)c12. The fourth-order valence-electron chi connectivity index (χ4n) is 3.17. The van der Waals surface area contributed by atoms with Gasteiger partial charge in [0.15, 0.2) is 0 Å². The van der Waals surface area contributed by atoms with Gasteiger partial charge < -0.3 is 13.7 Å². The van der Waals surface area contributed by atoms with Crippen molar-refractivity contribution in [3.8, 4) is 11.4 Å². The third-order valence-corrected chi connectivity index (χ3v) is 4.73. The molecule has 4 aromatic rings. The van der Waals surface area contributed by atoms with Crippen LogP contribution in [0.25, 0.3) is 22.5 Å². The number of aromatic nitrogens is 4. The van der Waals surface area contributed by atoms with Crippen LogP contribution in [0, 0.1) is 6.92 Å². The van der Waals surface area contributed by atoms with E-state index in [1.165, 1.54) is 16.5 Å². The second-order valence-corrected chi connectivity index (χ2v) is 6.67. The van der Waals surface area contributed by atoms with Crippen LogP contribution in [0.5, 0.6) is 0 Å². The van der Waals surface area contributed by atoms with E-state index >= 15 is 0 Å². The zero-order chi connectivity index (χ0) is 21.3. The van der Waals surface area contributed by atoms with Crippen molar-refractivity contribution in [1.82, 2.24) is 19.7 Å². The van der Waals surface area contributed by atoms with Gasteiger partial charge in [0.25, 0.3) is 5.56 Å². The molecule has 0 saturated heterocycles. The summed E-state index contributed by atoms with van der Waals surface area (Å²) in [6.45, 7) is 5.55. The number of aryl methyl sites for hydroxylation is 2. The molecule has 0 aliphatic heterocycles. The van der Waals surface area contributed by atoms with E-state index in [2.05, 4.69) is 22.0 Å². The molecule has 0 bridgehead atoms. The Morgan fingerprint density at radius 1 is 1.20 bits per heavy atom. The average molecular weight is 408 g/mol. The maximum atomic E-state index is 13.0. The third-order valence-electron chi connectivity index (χ3n) is 4.73. The lowest BCUT2D eigenvalue weighted by Crippen LogP contribution is -2.22. The Kier molecular flexibility index (Phi) is 5.18. The van der Waals surface area contributed by atoms with Crippen molar-refractivity contribution >= 4 is 17.1 Å². The number of carbonyl (C=O) groups excluding carboxylic acids is 1. The van der Waals surface area contributed by atoms with Gasteiger partial charge in [-0.1, -0.05) is 36.3 Å². The summed E-state index contributed by atoms with van der Waals surface area (Å²) in [6, 6.07) is 7.86. The Hall–Kier alpha value is -3.75. The molecule has 3 aromatic heterocycles. The van der Waals surface area contributed by atoms with Crippen molar-refractivity contribution < 1.29 is 18.5 Å². The van der Waals surface area contributed by atoms with Crippen molar-refractivity contribution in [3.05, 3.63) is 63.7 Å². The Morgan fingerprint density at radius 3 is 2.67 bits per heavy atom. The van der Waals surface area contributed by atoms with Crippen molar-refractivity contribution in [1.29, 1.82) is 0 Å². The van der Waals surface area contributed by atoms with Gasteiger partial charge in [-0.15, -0.1) is 0 Å². The zero-order valence-electron chi connectivity index (χ0n) is 16.8. The first-order valence-electron chi connectivity index (χ1n) is 9.59. The van der Waals surface area contributed by atoms with Gasteiger partial charge in [0.1, 0.15) is 29.6 Å². The molecular formula is C21H20N4O5. The number of fused-ring (bicyclic) bond motifs is 1. The van der Waals surface area contributed by atoms with E-state index < -0.39 is 11.5 Å². The Balaban J connectivity index is 1.67. The van der Waals surface area contributed by atoms with Gasteiger partial charge in [0.2, 0.25) is 17.4 Å². The summed E-state index contributed by atoms with van der Waals surface area (Å²) < 4.78 is 17.1. The quantitative estimate of drug-likeness (QED) is 0.447. The van der Waals surface area contributed by atoms with Crippen LogP contribution in [0.4, 0.5) is 0 Å². The second kappa shape index (κ2) is 7.94. The van der Waals surface area contributed by atoms with E-state index in [0.29, 0.717) is 5.82 Å². The first-order valence-corrected chi connectivity index (χ1v) is 9.59. The molecule has 3 heterocycles. The van der Waals surface area contributed by atoms with Crippen LogP contribution in [0.3, 0.4) is 0 Å². The highest BCUT2D eigenvalue weighted by Gasteiger charge is 2.24. The minimum atomic E-state index is -0.624. The molecular weight excluding hydrogens is 388 g/mol. The Bertz CT molecular complexity index is 1270. The van der Waals surface area contributed by atoms with Crippen LogP contribution in [-0.4, -0.2) is 32.3 Å². The van der Waals surface area contributed by atoms with E-state index in [9.17, 15) is 9.59 Å². The third kappa shape index (κ3) is 3.49. The number of hydrogen-bond acceptors (Lipinski definition) is 8. The van der Waals surface area contributed by atoms with E-state index in [-0.39, 0.29) is 41.5 Å². The van der Waals surface area contributed by atoms with Crippen LogP contribution in [-0.2, 0) is 17.7 Å². The number of carbonyl (C=O) groups is 1. The normalized spacial score (nSPS) is 11.2. The van der Waals surface area contributed by atoms with E-state index in [1.807, 2.05) is 24.3 Å². The molecule has 1 aromatic carbocycles. The molecule has 154 valence electrons. The lowest BCUT2D eigenvalue weighted by molar-refractivity contribution is 0.0526. The zero-order valence-corrected chi connectivity index (χ0v) is 16.8. The minimum absolute atomic E-state index is 0.00824. The molecule has 4 rings (SSSR count). The molecule has 0 aliphatic rings. The maximum absolute atomic E-state index is 13.0. The molecule has 9 nitrogen and oxygen atoms in total. The topological polar surface area (TPSA) is 113 Å². The first-order chi connectivity index (χ1) is 14.5. The summed E-state index contributed by atoms with van der Waals surface area (Å²) in [7, 11) is 0. The standard InChI is InChI=1S/C21H20N4O5/c1-4-13-6-8-14(9-7-13)18-23-15(30-24-18)10-25-11-22-19-17(20(25)26)16(12(3)29-19)21(27)28-5-2/h6-9,11H,4-5,10H2,1-3H3. The molecule has 0 N–H and O–H groups in total. The smallest absolute Gasteiger partial charge is 0.342 e. The van der Waals surface area contributed by atoms with E-state index in [4.69, 9.17) is 13.7 Å². The molecule has 0 radical (unpaired) electrons. The summed E-state index contributed by atoms with van der Waals surface area (Å²) >= 11 is 0. The number of rotatable bonds is 6. The number of esters is 1. The van der Waals surface area contributed by atoms with E-state index in [0.717, 1.165) is 12.0 Å². The number of ether oxygens (including phenoxy) is 1. The van der Waals surface area contributed by atoms with Crippen molar-refractivity contribution in [2.45, 2.75) is 33.7 Å². The second-order valence-electron chi connectivity index (χ2n) is 6.67. The van der Waals surface area contributed by atoms with Crippen LogP contribution in [0.1, 0.15) is 41.4 Å². The summed E-state index contributed by atoms with van der Waals surface area (Å²) in [5.74, 6) is 0.328. The number of furan rings is 1. The fraction of sp³-hybridized carbons (Fsp3) is 0.286. The number of nitrogens with zero attached hydrogens (tertiary/aromatic N) is 4. The number of benzene rings is 1. The molecule has 0 spiro atoms. The van der Waals surface area contributed by atoms with Crippen molar-refractivity contribution in [3.63, 3.8) is 0 Å². The molecule has 30 heavy (non-hydrogen) atoms. The van der Waals surface area contributed by atoms with Gasteiger partial charge in [-0.05, 0) is 25.8 Å². The van der Waals surface area contributed by atoms with Gasteiger partial charge in [-0.25, -0.2) is 9.78 Å². The molecule has 0 amide bonds. The molecule has 0 atom stereocenters. The van der Waals surface area contributed by atoms with Crippen LogP contribution in [0.2, 0.25) is 0 Å². The number of hydrogen-bond donors (Lipinski definition) is 0. The van der Waals surface area contributed by atoms with Gasteiger partial charge in [0, 0.05) is 5.56 Å². The van der Waals surface area contributed by atoms with Crippen molar-refractivity contribution in [2.75, 3.05) is 6.61 Å².